The van der Waals surface area contributed by atoms with Gasteiger partial charge in [-0.05, 0) is 42.7 Å². The molecule has 0 aliphatic carbocycles. The van der Waals surface area contributed by atoms with Gasteiger partial charge in [0.25, 0.3) is 5.91 Å². The van der Waals surface area contributed by atoms with Crippen molar-refractivity contribution in [3.8, 4) is 11.5 Å². The van der Waals surface area contributed by atoms with Crippen LogP contribution in [0, 0.1) is 5.82 Å². The average molecular weight is 600 g/mol. The zero-order valence-corrected chi connectivity index (χ0v) is 23.6. The number of nitrogens with zero attached hydrogens (tertiary/aromatic N) is 3. The zero-order chi connectivity index (χ0) is 28.9. The number of benzene rings is 3. The molecule has 2 saturated heterocycles. The Labute approximate surface area is 247 Å². The molecule has 0 unspecified atom stereocenters. The van der Waals surface area contributed by atoms with E-state index < -0.39 is 11.7 Å². The Hall–Kier alpha value is -3.82. The maximum absolute atomic E-state index is 13.6. The van der Waals surface area contributed by atoms with Crippen LogP contribution in [0.3, 0.4) is 0 Å². The fourth-order valence-electron chi connectivity index (χ4n) is 5.04. The Morgan fingerprint density at radius 3 is 2.34 bits per heavy atom. The maximum atomic E-state index is 13.6. The first-order valence-corrected chi connectivity index (χ1v) is 14.0. The van der Waals surface area contributed by atoms with Crippen molar-refractivity contribution in [3.63, 3.8) is 0 Å². The molecular weight excluding hydrogens is 572 g/mol. The average Bonchev–Trinajstić information content (AvgIpc) is 2.98. The number of carbonyl (C=O) groups is 3. The third-order valence-corrected chi connectivity index (χ3v) is 7.83. The van der Waals surface area contributed by atoms with Crippen LogP contribution in [0.2, 0.25) is 10.0 Å². The fourth-order valence-corrected chi connectivity index (χ4v) is 5.46. The molecule has 2 aliphatic heterocycles. The van der Waals surface area contributed by atoms with Gasteiger partial charge in [0.1, 0.15) is 36.0 Å². The highest BCUT2D eigenvalue weighted by Crippen LogP contribution is 2.33. The number of rotatable bonds is 6. The first kappa shape index (κ1) is 28.7. The number of hydrogen-bond donors (Lipinski definition) is 0. The van der Waals surface area contributed by atoms with Crippen LogP contribution in [0.15, 0.2) is 66.7 Å². The highest BCUT2D eigenvalue weighted by molar-refractivity contribution is 6.34. The molecule has 11 heteroatoms. The van der Waals surface area contributed by atoms with Gasteiger partial charge in [0.05, 0.1) is 10.0 Å². The molecule has 0 saturated carbocycles. The summed E-state index contributed by atoms with van der Waals surface area (Å²) in [5.41, 5.74) is 1.03. The SMILES string of the molecule is O=C(OCc1ccccc1)N1CCC(N2CCN(C(=O)c3c(Cl)cccc3Oc3ccc(F)c(Cl)c3)CC2=O)CC1. The Morgan fingerprint density at radius 2 is 1.63 bits per heavy atom. The van der Waals surface area contributed by atoms with E-state index in [2.05, 4.69) is 0 Å². The van der Waals surface area contributed by atoms with Crippen molar-refractivity contribution in [1.29, 1.82) is 0 Å². The number of halogens is 3. The van der Waals surface area contributed by atoms with E-state index >= 15 is 0 Å². The summed E-state index contributed by atoms with van der Waals surface area (Å²) in [6.45, 7) is 1.75. The Bertz CT molecular complexity index is 1430. The van der Waals surface area contributed by atoms with Crippen LogP contribution in [0.25, 0.3) is 0 Å². The highest BCUT2D eigenvalue weighted by Gasteiger charge is 2.36. The van der Waals surface area contributed by atoms with Crippen molar-refractivity contribution < 1.29 is 28.2 Å². The van der Waals surface area contributed by atoms with Crippen molar-refractivity contribution >= 4 is 41.1 Å². The minimum atomic E-state index is -0.591. The highest BCUT2D eigenvalue weighted by atomic mass is 35.5. The molecule has 3 aromatic carbocycles. The van der Waals surface area contributed by atoms with Crippen LogP contribution < -0.4 is 4.74 Å². The molecule has 2 heterocycles. The summed E-state index contributed by atoms with van der Waals surface area (Å²) in [5, 5.41) is 0.0520. The molecule has 3 aromatic rings. The second-order valence-corrected chi connectivity index (χ2v) is 10.7. The predicted octanol–water partition coefficient (Wildman–Crippen LogP) is 6.01. The van der Waals surface area contributed by atoms with Gasteiger partial charge in [0, 0.05) is 38.3 Å². The number of carbonyl (C=O) groups excluding carboxylic acids is 3. The number of likely N-dealkylation sites (tertiary alicyclic amines) is 1. The molecule has 2 fully saturated rings. The van der Waals surface area contributed by atoms with Gasteiger partial charge >= 0.3 is 6.09 Å². The predicted molar refractivity (Wildman–Crippen MR) is 152 cm³/mol. The van der Waals surface area contributed by atoms with Gasteiger partial charge in [-0.1, -0.05) is 59.6 Å². The monoisotopic (exact) mass is 599 g/mol. The largest absolute Gasteiger partial charge is 0.456 e. The number of hydrogen-bond acceptors (Lipinski definition) is 5. The molecule has 8 nitrogen and oxygen atoms in total. The number of piperazine rings is 1. The molecule has 0 aromatic heterocycles. The fraction of sp³-hybridized carbons (Fsp3) is 0.300. The lowest BCUT2D eigenvalue weighted by Gasteiger charge is -2.42. The molecule has 5 rings (SSSR count). The molecule has 2 aliphatic rings. The summed E-state index contributed by atoms with van der Waals surface area (Å²) < 4.78 is 24.8. The molecule has 0 N–H and O–H groups in total. The van der Waals surface area contributed by atoms with Crippen LogP contribution in [0.1, 0.15) is 28.8 Å². The van der Waals surface area contributed by atoms with Gasteiger partial charge in [-0.3, -0.25) is 9.59 Å². The van der Waals surface area contributed by atoms with E-state index in [1.54, 1.807) is 28.0 Å². The summed E-state index contributed by atoms with van der Waals surface area (Å²) in [6, 6.07) is 18.1. The maximum Gasteiger partial charge on any atom is 0.410 e. The van der Waals surface area contributed by atoms with Crippen molar-refractivity contribution in [1.82, 2.24) is 14.7 Å². The van der Waals surface area contributed by atoms with Gasteiger partial charge in [-0.15, -0.1) is 0 Å². The summed E-state index contributed by atoms with van der Waals surface area (Å²) >= 11 is 12.3. The smallest absolute Gasteiger partial charge is 0.410 e. The van der Waals surface area contributed by atoms with Gasteiger partial charge in [0.15, 0.2) is 0 Å². The van der Waals surface area contributed by atoms with E-state index in [0.29, 0.717) is 39.0 Å². The van der Waals surface area contributed by atoms with Crippen LogP contribution in [-0.2, 0) is 16.1 Å². The molecule has 41 heavy (non-hydrogen) atoms. The Morgan fingerprint density at radius 1 is 0.878 bits per heavy atom. The molecule has 0 radical (unpaired) electrons. The van der Waals surface area contributed by atoms with Gasteiger partial charge in [-0.2, -0.15) is 0 Å². The minimum Gasteiger partial charge on any atom is -0.456 e. The number of ether oxygens (including phenoxy) is 2. The first-order valence-electron chi connectivity index (χ1n) is 13.3. The van der Waals surface area contributed by atoms with Crippen LogP contribution in [0.5, 0.6) is 11.5 Å². The second-order valence-electron chi connectivity index (χ2n) is 9.86. The molecule has 214 valence electrons. The van der Waals surface area contributed by atoms with E-state index in [4.69, 9.17) is 32.7 Å². The van der Waals surface area contributed by atoms with Gasteiger partial charge < -0.3 is 24.2 Å². The third-order valence-electron chi connectivity index (χ3n) is 7.22. The second kappa shape index (κ2) is 12.8. The van der Waals surface area contributed by atoms with Crippen LogP contribution >= 0.6 is 23.2 Å². The van der Waals surface area contributed by atoms with Crippen molar-refractivity contribution in [3.05, 3.63) is 93.7 Å². The quantitative estimate of drug-likeness (QED) is 0.347. The molecule has 3 amide bonds. The standard InChI is InChI=1S/C30H28Cl2FN3O5/c31-23-7-4-8-26(41-22-9-10-25(33)24(32)17-22)28(23)29(38)35-15-16-36(27(37)18-35)21-11-13-34(14-12-21)30(39)40-19-20-5-2-1-3-6-20/h1-10,17,21H,11-16,18-19H2. The minimum absolute atomic E-state index is 0.0274. The van der Waals surface area contributed by atoms with E-state index in [1.807, 2.05) is 30.3 Å². The summed E-state index contributed by atoms with van der Waals surface area (Å²) in [5.74, 6) is -0.792. The molecule has 0 spiro atoms. The number of amides is 3. The first-order chi connectivity index (χ1) is 19.8. The normalized spacial score (nSPS) is 16.1. The lowest BCUT2D eigenvalue weighted by atomic mass is 10.0. The van der Waals surface area contributed by atoms with Crippen molar-refractivity contribution in [2.24, 2.45) is 0 Å². The zero-order valence-electron chi connectivity index (χ0n) is 22.1. The third kappa shape index (κ3) is 6.74. The molecule has 0 atom stereocenters. The lowest BCUT2D eigenvalue weighted by Crippen LogP contribution is -2.57. The summed E-state index contributed by atoms with van der Waals surface area (Å²) in [6.07, 6.45) is 0.890. The molecule has 0 bridgehead atoms. The van der Waals surface area contributed by atoms with E-state index in [9.17, 15) is 18.8 Å². The Kier molecular flexibility index (Phi) is 8.95. The number of piperidine rings is 1. The van der Waals surface area contributed by atoms with Crippen molar-refractivity contribution in [2.75, 3.05) is 32.7 Å². The van der Waals surface area contributed by atoms with Crippen molar-refractivity contribution in [2.45, 2.75) is 25.5 Å². The van der Waals surface area contributed by atoms with Gasteiger partial charge in [0.2, 0.25) is 5.91 Å². The van der Waals surface area contributed by atoms with E-state index in [0.717, 1.165) is 5.56 Å². The van der Waals surface area contributed by atoms with Crippen LogP contribution in [-0.4, -0.2) is 71.4 Å². The lowest BCUT2D eigenvalue weighted by molar-refractivity contribution is -0.138. The van der Waals surface area contributed by atoms with Gasteiger partial charge in [-0.25, -0.2) is 9.18 Å². The molecular formula is C30H28Cl2FN3O5. The van der Waals surface area contributed by atoms with E-state index in [1.165, 1.54) is 23.1 Å². The summed E-state index contributed by atoms with van der Waals surface area (Å²) in [7, 11) is 0. The topological polar surface area (TPSA) is 79.4 Å². The summed E-state index contributed by atoms with van der Waals surface area (Å²) in [4.78, 5) is 44.1. The van der Waals surface area contributed by atoms with E-state index in [-0.39, 0.29) is 58.3 Å². The Balaban J connectivity index is 1.17. The van der Waals surface area contributed by atoms with Crippen LogP contribution in [0.4, 0.5) is 9.18 Å².